The summed E-state index contributed by atoms with van der Waals surface area (Å²) in [6.45, 7) is 0. The third kappa shape index (κ3) is 2.04. The predicted octanol–water partition coefficient (Wildman–Crippen LogP) is 2.41. The van der Waals surface area contributed by atoms with Gasteiger partial charge in [0.05, 0.1) is 6.07 Å². The zero-order valence-corrected chi connectivity index (χ0v) is 8.11. The smallest absolute Gasteiger partial charge is 0.157 e. The number of Topliss-reactive ketones (excluding diaryl/α,β-unsaturated/α-hetero) is 1. The van der Waals surface area contributed by atoms with Crippen molar-refractivity contribution in [2.24, 2.45) is 5.92 Å². The fourth-order valence-electron chi connectivity index (χ4n) is 1.56. The molecule has 0 heterocycles. The van der Waals surface area contributed by atoms with Gasteiger partial charge in [-0.3, -0.25) is 4.79 Å². The molecule has 0 unspecified atom stereocenters. The van der Waals surface area contributed by atoms with Crippen LogP contribution < -0.4 is 0 Å². The van der Waals surface area contributed by atoms with Crippen LogP contribution in [0.4, 0.5) is 4.39 Å². The first kappa shape index (κ1) is 9.85. The van der Waals surface area contributed by atoms with Gasteiger partial charge in [-0.1, -0.05) is 12.1 Å². The van der Waals surface area contributed by atoms with Crippen molar-refractivity contribution in [1.82, 2.24) is 0 Å². The molecule has 1 saturated carbocycles. The van der Waals surface area contributed by atoms with E-state index in [-0.39, 0.29) is 17.5 Å². The van der Waals surface area contributed by atoms with Gasteiger partial charge in [-0.05, 0) is 30.5 Å². The molecule has 3 heteroatoms. The van der Waals surface area contributed by atoms with Crippen molar-refractivity contribution >= 4 is 5.78 Å². The molecule has 1 atom stereocenters. The van der Waals surface area contributed by atoms with Gasteiger partial charge in [-0.2, -0.15) is 5.26 Å². The maximum Gasteiger partial charge on any atom is 0.157 e. The zero-order chi connectivity index (χ0) is 10.8. The van der Waals surface area contributed by atoms with Crippen molar-refractivity contribution < 1.29 is 9.18 Å². The Bertz CT molecular complexity index is 414. The molecule has 2 rings (SSSR count). The molecular formula is C12H10FNO. The Morgan fingerprint density at radius 2 is 2.00 bits per heavy atom. The highest BCUT2D eigenvalue weighted by molar-refractivity contribution is 5.91. The molecule has 0 saturated heterocycles. The van der Waals surface area contributed by atoms with E-state index in [0.29, 0.717) is 5.56 Å². The van der Waals surface area contributed by atoms with E-state index < -0.39 is 5.92 Å². The van der Waals surface area contributed by atoms with E-state index in [1.165, 1.54) is 24.3 Å². The van der Waals surface area contributed by atoms with Crippen molar-refractivity contribution in [3.8, 4) is 6.07 Å². The lowest BCUT2D eigenvalue weighted by Gasteiger charge is -2.06. The number of benzene rings is 1. The molecule has 15 heavy (non-hydrogen) atoms. The number of carbonyl (C=O) groups is 1. The van der Waals surface area contributed by atoms with Crippen LogP contribution in [0.1, 0.15) is 24.3 Å². The van der Waals surface area contributed by atoms with Crippen LogP contribution >= 0.6 is 0 Å². The van der Waals surface area contributed by atoms with Crippen LogP contribution in [-0.4, -0.2) is 5.78 Å². The highest BCUT2D eigenvalue weighted by Crippen LogP contribution is 2.35. The summed E-state index contributed by atoms with van der Waals surface area (Å²) in [7, 11) is 0. The Kier molecular flexibility index (Phi) is 2.51. The average Bonchev–Trinajstić information content (AvgIpc) is 3.05. The van der Waals surface area contributed by atoms with E-state index in [1.54, 1.807) is 0 Å². The van der Waals surface area contributed by atoms with Crippen LogP contribution in [0, 0.1) is 23.1 Å². The molecule has 0 aliphatic heterocycles. The highest BCUT2D eigenvalue weighted by atomic mass is 19.1. The summed E-state index contributed by atoms with van der Waals surface area (Å²) in [5.41, 5.74) is 0.593. The second kappa shape index (κ2) is 3.82. The minimum atomic E-state index is -0.724. The van der Waals surface area contributed by atoms with Gasteiger partial charge in [0.1, 0.15) is 11.7 Å². The number of nitrogens with zero attached hydrogens (tertiary/aromatic N) is 1. The largest absolute Gasteiger partial charge is 0.298 e. The zero-order valence-electron chi connectivity index (χ0n) is 8.11. The Hall–Kier alpha value is -1.69. The molecule has 2 nitrogen and oxygen atoms in total. The number of halogens is 1. The summed E-state index contributed by atoms with van der Waals surface area (Å²) in [5.74, 6) is -1.05. The molecule has 1 aromatic rings. The van der Waals surface area contributed by atoms with E-state index in [4.69, 9.17) is 5.26 Å². The summed E-state index contributed by atoms with van der Waals surface area (Å²) >= 11 is 0. The van der Waals surface area contributed by atoms with Gasteiger partial charge in [0.15, 0.2) is 5.78 Å². The van der Waals surface area contributed by atoms with Crippen LogP contribution in [-0.2, 0) is 4.79 Å². The lowest BCUT2D eigenvalue weighted by molar-refractivity contribution is -0.120. The first-order chi connectivity index (χ1) is 7.22. The molecule has 1 fully saturated rings. The molecule has 1 aliphatic rings. The Balaban J connectivity index is 2.23. The van der Waals surface area contributed by atoms with Gasteiger partial charge < -0.3 is 0 Å². The maximum absolute atomic E-state index is 12.7. The number of ketones is 1. The average molecular weight is 203 g/mol. The lowest BCUT2D eigenvalue weighted by Crippen LogP contribution is -2.12. The standard InChI is InChI=1S/C12H10FNO/c13-10-5-3-8(4-6-10)11(7-14)12(15)9-1-2-9/h3-6,9,11H,1-2H2/t11-/m1/s1. The second-order valence-electron chi connectivity index (χ2n) is 3.79. The van der Waals surface area contributed by atoms with Crippen molar-refractivity contribution in [3.63, 3.8) is 0 Å². The van der Waals surface area contributed by atoms with Gasteiger partial charge >= 0.3 is 0 Å². The van der Waals surface area contributed by atoms with Crippen molar-refractivity contribution in [3.05, 3.63) is 35.6 Å². The van der Waals surface area contributed by atoms with E-state index >= 15 is 0 Å². The Morgan fingerprint density at radius 3 is 2.47 bits per heavy atom. The molecule has 0 N–H and O–H groups in total. The normalized spacial score (nSPS) is 16.8. The summed E-state index contributed by atoms with van der Waals surface area (Å²) in [5, 5.41) is 8.93. The summed E-state index contributed by atoms with van der Waals surface area (Å²) in [6.07, 6.45) is 1.77. The van der Waals surface area contributed by atoms with Gasteiger partial charge in [0, 0.05) is 5.92 Å². The van der Waals surface area contributed by atoms with Crippen molar-refractivity contribution in [2.45, 2.75) is 18.8 Å². The second-order valence-corrected chi connectivity index (χ2v) is 3.79. The molecule has 76 valence electrons. The minimum absolute atomic E-state index is 0.0240. The Morgan fingerprint density at radius 1 is 1.40 bits per heavy atom. The first-order valence-corrected chi connectivity index (χ1v) is 4.91. The fourth-order valence-corrected chi connectivity index (χ4v) is 1.56. The SMILES string of the molecule is N#C[C@@H](C(=O)C1CC1)c1ccc(F)cc1. The van der Waals surface area contributed by atoms with Crippen molar-refractivity contribution in [1.29, 1.82) is 5.26 Å². The van der Waals surface area contributed by atoms with Gasteiger partial charge in [-0.15, -0.1) is 0 Å². The number of hydrogen-bond donors (Lipinski definition) is 0. The predicted molar refractivity (Wildman–Crippen MR) is 52.5 cm³/mol. The number of carbonyl (C=O) groups excluding carboxylic acids is 1. The minimum Gasteiger partial charge on any atom is -0.298 e. The third-order valence-electron chi connectivity index (χ3n) is 2.60. The maximum atomic E-state index is 12.7. The molecule has 0 radical (unpaired) electrons. The number of nitriles is 1. The molecule has 0 spiro atoms. The van der Waals surface area contributed by atoms with Crippen LogP contribution in [0.3, 0.4) is 0 Å². The first-order valence-electron chi connectivity index (χ1n) is 4.91. The lowest BCUT2D eigenvalue weighted by atomic mass is 9.93. The summed E-state index contributed by atoms with van der Waals surface area (Å²) < 4.78 is 12.7. The van der Waals surface area contributed by atoms with Crippen LogP contribution in [0.25, 0.3) is 0 Å². The van der Waals surface area contributed by atoms with Crippen LogP contribution in [0.2, 0.25) is 0 Å². The highest BCUT2D eigenvalue weighted by Gasteiger charge is 2.35. The number of hydrogen-bond acceptors (Lipinski definition) is 2. The van der Waals surface area contributed by atoms with E-state index in [0.717, 1.165) is 12.8 Å². The fraction of sp³-hybridized carbons (Fsp3) is 0.333. The summed E-state index contributed by atoms with van der Waals surface area (Å²) in [4.78, 5) is 11.7. The van der Waals surface area contributed by atoms with Gasteiger partial charge in [-0.25, -0.2) is 4.39 Å². The third-order valence-corrected chi connectivity index (χ3v) is 2.60. The van der Waals surface area contributed by atoms with Crippen LogP contribution in [0.15, 0.2) is 24.3 Å². The molecule has 0 bridgehead atoms. The Labute approximate surface area is 87.3 Å². The van der Waals surface area contributed by atoms with Crippen LogP contribution in [0.5, 0.6) is 0 Å². The molecular weight excluding hydrogens is 193 g/mol. The van der Waals surface area contributed by atoms with E-state index in [1.807, 2.05) is 6.07 Å². The van der Waals surface area contributed by atoms with Gasteiger partial charge in [0.2, 0.25) is 0 Å². The van der Waals surface area contributed by atoms with Gasteiger partial charge in [0.25, 0.3) is 0 Å². The summed E-state index contributed by atoms with van der Waals surface area (Å²) in [6, 6.07) is 7.55. The van der Waals surface area contributed by atoms with E-state index in [9.17, 15) is 9.18 Å². The van der Waals surface area contributed by atoms with Crippen molar-refractivity contribution in [2.75, 3.05) is 0 Å². The molecule has 1 aliphatic carbocycles. The topological polar surface area (TPSA) is 40.9 Å². The van der Waals surface area contributed by atoms with E-state index in [2.05, 4.69) is 0 Å². The number of rotatable bonds is 3. The monoisotopic (exact) mass is 203 g/mol. The molecule has 0 amide bonds. The molecule has 1 aromatic carbocycles. The molecule has 0 aromatic heterocycles. The quantitative estimate of drug-likeness (QED) is 0.756.